The summed E-state index contributed by atoms with van der Waals surface area (Å²) in [7, 11) is 0. The van der Waals surface area contributed by atoms with Crippen molar-refractivity contribution in [2.75, 3.05) is 18.0 Å². The topological polar surface area (TPSA) is 90.1 Å². The maximum absolute atomic E-state index is 13.1. The van der Waals surface area contributed by atoms with E-state index in [0.29, 0.717) is 10.7 Å². The van der Waals surface area contributed by atoms with Crippen molar-refractivity contribution in [3.8, 4) is 0 Å². The second-order valence-corrected chi connectivity index (χ2v) is 9.80. The van der Waals surface area contributed by atoms with E-state index >= 15 is 0 Å². The highest BCUT2D eigenvalue weighted by atomic mass is 35.5. The van der Waals surface area contributed by atoms with Gasteiger partial charge < -0.3 is 20.5 Å². The third kappa shape index (κ3) is 5.04. The molecule has 34 heavy (non-hydrogen) atoms. The summed E-state index contributed by atoms with van der Waals surface area (Å²) in [6.07, 6.45) is 9.11. The Kier molecular flexibility index (Phi) is 6.72. The van der Waals surface area contributed by atoms with Gasteiger partial charge in [-0.05, 0) is 62.1 Å². The molecule has 8 heteroatoms. The van der Waals surface area contributed by atoms with E-state index in [4.69, 9.17) is 11.6 Å². The molecule has 0 bridgehead atoms. The number of hydrogen-bond acceptors (Lipinski definition) is 4. The van der Waals surface area contributed by atoms with E-state index in [-0.39, 0.29) is 29.8 Å². The summed E-state index contributed by atoms with van der Waals surface area (Å²) in [5.41, 5.74) is 2.54. The largest absolute Gasteiger partial charge is 0.371 e. The molecule has 3 N–H and O–H groups in total. The molecule has 1 aromatic carbocycles. The average Bonchev–Trinajstić information content (AvgIpc) is 3.29. The van der Waals surface area contributed by atoms with Gasteiger partial charge in [0.15, 0.2) is 0 Å². The summed E-state index contributed by atoms with van der Waals surface area (Å²) < 4.78 is 0. The fraction of sp³-hybridized carbons (Fsp3) is 0.423. The molecule has 0 spiro atoms. The smallest absolute Gasteiger partial charge is 0.268 e. The van der Waals surface area contributed by atoms with Crippen LogP contribution >= 0.6 is 11.6 Å². The van der Waals surface area contributed by atoms with E-state index in [1.807, 2.05) is 30.3 Å². The van der Waals surface area contributed by atoms with Crippen molar-refractivity contribution in [2.24, 2.45) is 5.92 Å². The molecule has 1 aliphatic heterocycles. The van der Waals surface area contributed by atoms with Crippen molar-refractivity contribution < 1.29 is 9.59 Å². The molecule has 2 fully saturated rings. The summed E-state index contributed by atoms with van der Waals surface area (Å²) in [6.45, 7) is 1.72. The molecule has 2 atom stereocenters. The Morgan fingerprint density at radius 1 is 0.941 bits per heavy atom. The summed E-state index contributed by atoms with van der Waals surface area (Å²) in [6, 6.07) is 11.3. The Morgan fingerprint density at radius 2 is 1.65 bits per heavy atom. The molecule has 1 saturated carbocycles. The second kappa shape index (κ2) is 10.1. The number of aromatic amines is 1. The fourth-order valence-corrected chi connectivity index (χ4v) is 5.38. The number of aromatic nitrogens is 2. The molecule has 1 saturated heterocycles. The van der Waals surface area contributed by atoms with Crippen LogP contribution in [0.15, 0.2) is 48.8 Å². The fourth-order valence-electron chi connectivity index (χ4n) is 5.20. The third-order valence-corrected chi connectivity index (χ3v) is 7.37. The van der Waals surface area contributed by atoms with Crippen molar-refractivity contribution in [1.82, 2.24) is 20.6 Å². The van der Waals surface area contributed by atoms with Crippen molar-refractivity contribution in [2.45, 2.75) is 50.6 Å². The molecule has 3 aromatic rings. The van der Waals surface area contributed by atoms with Crippen LogP contribution in [0, 0.1) is 5.92 Å². The number of hydrogen-bond donors (Lipinski definition) is 3. The predicted molar refractivity (Wildman–Crippen MR) is 134 cm³/mol. The first-order valence-electron chi connectivity index (χ1n) is 12.1. The molecule has 1 aliphatic carbocycles. The number of nitrogens with one attached hydrogen (secondary N) is 3. The van der Waals surface area contributed by atoms with Crippen LogP contribution in [0.3, 0.4) is 0 Å². The second-order valence-electron chi connectivity index (χ2n) is 9.36. The van der Waals surface area contributed by atoms with Crippen LogP contribution < -0.4 is 15.5 Å². The highest BCUT2D eigenvalue weighted by Crippen LogP contribution is 2.25. The molecule has 3 heterocycles. The first kappa shape index (κ1) is 22.7. The standard InChI is InChI=1S/C26H30ClN5O2/c27-19-5-6-21-18(15-19)16-24(29-21)26(34)31-23-4-2-1-3-22(23)30-25(33)17-9-13-32(14-10-17)20-7-11-28-12-8-20/h5-8,11-12,15-17,22-23,29H,1-4,9-10,13-14H2,(H,30,33)(H,31,34). The molecule has 2 amide bonds. The molecule has 7 nitrogen and oxygen atoms in total. The van der Waals surface area contributed by atoms with Crippen LogP contribution in [0.2, 0.25) is 5.02 Å². The number of fused-ring (bicyclic) bond motifs is 1. The maximum atomic E-state index is 13.1. The number of carbonyl (C=O) groups is 2. The van der Waals surface area contributed by atoms with Gasteiger partial charge in [0.25, 0.3) is 5.91 Å². The van der Waals surface area contributed by atoms with E-state index in [1.165, 1.54) is 0 Å². The summed E-state index contributed by atoms with van der Waals surface area (Å²) in [5, 5.41) is 7.99. The number of benzene rings is 1. The molecular weight excluding hydrogens is 450 g/mol. The van der Waals surface area contributed by atoms with Gasteiger partial charge in [-0.15, -0.1) is 0 Å². The molecule has 5 rings (SSSR count). The Labute approximate surface area is 204 Å². The molecule has 2 aliphatic rings. The minimum Gasteiger partial charge on any atom is -0.371 e. The van der Waals surface area contributed by atoms with Crippen LogP contribution in [-0.2, 0) is 4.79 Å². The van der Waals surface area contributed by atoms with Gasteiger partial charge in [-0.25, -0.2) is 0 Å². The number of amides is 2. The molecule has 2 unspecified atom stereocenters. The van der Waals surface area contributed by atoms with Crippen molar-refractivity contribution in [1.29, 1.82) is 0 Å². The molecule has 0 radical (unpaired) electrons. The highest BCUT2D eigenvalue weighted by Gasteiger charge is 2.32. The van der Waals surface area contributed by atoms with Crippen molar-refractivity contribution >= 4 is 40.0 Å². The number of piperidine rings is 1. The number of H-pyrrole nitrogens is 1. The summed E-state index contributed by atoms with van der Waals surface area (Å²) >= 11 is 6.07. The molecular formula is C26H30ClN5O2. The van der Waals surface area contributed by atoms with Gasteiger partial charge in [-0.3, -0.25) is 14.6 Å². The zero-order chi connectivity index (χ0) is 23.5. The number of nitrogens with zero attached hydrogens (tertiary/aromatic N) is 2. The van der Waals surface area contributed by atoms with Crippen LogP contribution in [0.25, 0.3) is 10.9 Å². The molecule has 178 valence electrons. The van der Waals surface area contributed by atoms with Crippen molar-refractivity contribution in [3.05, 3.63) is 59.5 Å². The lowest BCUT2D eigenvalue weighted by molar-refractivity contribution is -0.126. The molecule has 2 aromatic heterocycles. The Bertz CT molecular complexity index is 1160. The quantitative estimate of drug-likeness (QED) is 0.509. The zero-order valence-electron chi connectivity index (χ0n) is 19.1. The lowest BCUT2D eigenvalue weighted by Gasteiger charge is -2.36. The van der Waals surface area contributed by atoms with E-state index in [9.17, 15) is 9.59 Å². The van der Waals surface area contributed by atoms with Gasteiger partial charge in [-0.2, -0.15) is 0 Å². The van der Waals surface area contributed by atoms with Gasteiger partial charge in [0.1, 0.15) is 5.69 Å². The Balaban J connectivity index is 1.18. The van der Waals surface area contributed by atoms with Crippen LogP contribution in [0.1, 0.15) is 49.0 Å². The van der Waals surface area contributed by atoms with Gasteiger partial charge in [0.2, 0.25) is 5.91 Å². The monoisotopic (exact) mass is 479 g/mol. The number of carbonyl (C=O) groups excluding carboxylic acids is 2. The van der Waals surface area contributed by atoms with Crippen LogP contribution in [0.4, 0.5) is 5.69 Å². The maximum Gasteiger partial charge on any atom is 0.268 e. The van der Waals surface area contributed by atoms with E-state index in [2.05, 4.69) is 25.5 Å². The number of anilines is 1. The van der Waals surface area contributed by atoms with Gasteiger partial charge in [-0.1, -0.05) is 24.4 Å². The highest BCUT2D eigenvalue weighted by molar-refractivity contribution is 6.31. The SMILES string of the molecule is O=C(NC1CCCCC1NC(=O)C1CCN(c2ccncc2)CC1)c1cc2cc(Cl)ccc2[nH]1. The number of halogens is 1. The third-order valence-electron chi connectivity index (χ3n) is 7.13. The van der Waals surface area contributed by atoms with Crippen LogP contribution in [0.5, 0.6) is 0 Å². The van der Waals surface area contributed by atoms with Crippen molar-refractivity contribution in [3.63, 3.8) is 0 Å². The lowest BCUT2D eigenvalue weighted by Crippen LogP contribution is -2.55. The Hall–Kier alpha value is -3.06. The van der Waals surface area contributed by atoms with E-state index < -0.39 is 0 Å². The lowest BCUT2D eigenvalue weighted by atomic mass is 9.88. The normalized spacial score (nSPS) is 21.4. The van der Waals surface area contributed by atoms with E-state index in [1.54, 1.807) is 18.5 Å². The average molecular weight is 480 g/mol. The first-order valence-corrected chi connectivity index (χ1v) is 12.5. The number of rotatable bonds is 5. The minimum absolute atomic E-state index is 0.00909. The Morgan fingerprint density at radius 3 is 2.38 bits per heavy atom. The summed E-state index contributed by atoms with van der Waals surface area (Å²) in [5.74, 6) is -0.0280. The number of pyridine rings is 1. The summed E-state index contributed by atoms with van der Waals surface area (Å²) in [4.78, 5) is 35.6. The van der Waals surface area contributed by atoms with Gasteiger partial charge >= 0.3 is 0 Å². The van der Waals surface area contributed by atoms with Gasteiger partial charge in [0, 0.05) is 65.1 Å². The minimum atomic E-state index is -0.149. The zero-order valence-corrected chi connectivity index (χ0v) is 19.9. The van der Waals surface area contributed by atoms with Gasteiger partial charge in [0.05, 0.1) is 0 Å². The van der Waals surface area contributed by atoms with E-state index in [0.717, 1.165) is 68.2 Å². The predicted octanol–water partition coefficient (Wildman–Crippen LogP) is 4.29. The van der Waals surface area contributed by atoms with Crippen LogP contribution in [-0.4, -0.2) is 47.0 Å². The first-order chi connectivity index (χ1) is 16.6.